The van der Waals surface area contributed by atoms with E-state index in [1.54, 1.807) is 30.5 Å². The zero-order valence-corrected chi connectivity index (χ0v) is 18.0. The summed E-state index contributed by atoms with van der Waals surface area (Å²) in [4.78, 5) is 28.6. The molecule has 0 spiro atoms. The fourth-order valence-corrected chi connectivity index (χ4v) is 3.62. The van der Waals surface area contributed by atoms with Gasteiger partial charge in [0, 0.05) is 40.2 Å². The summed E-state index contributed by atoms with van der Waals surface area (Å²) in [5, 5.41) is 7.48. The number of nitrogens with two attached hydrogens (primary N) is 1. The molecule has 0 aliphatic heterocycles. The van der Waals surface area contributed by atoms with Crippen LogP contribution in [0, 0.1) is 0 Å². The lowest BCUT2D eigenvalue weighted by atomic mass is 10.1. The Kier molecular flexibility index (Phi) is 5.34. The summed E-state index contributed by atoms with van der Waals surface area (Å²) in [6, 6.07) is 18.4. The first-order valence-corrected chi connectivity index (χ1v) is 10.4. The number of rotatable bonds is 5. The van der Waals surface area contributed by atoms with Crippen molar-refractivity contribution in [2.75, 3.05) is 16.4 Å². The molecule has 0 radical (unpaired) electrons. The molecule has 3 aromatic heterocycles. The van der Waals surface area contributed by atoms with Gasteiger partial charge in [-0.1, -0.05) is 35.9 Å². The van der Waals surface area contributed by atoms with Gasteiger partial charge in [0.15, 0.2) is 0 Å². The Hall–Kier alpha value is -4.43. The first kappa shape index (κ1) is 20.5. The number of nitrogen functional groups attached to an aromatic ring is 1. The predicted molar refractivity (Wildman–Crippen MR) is 131 cm³/mol. The molecule has 0 bridgehead atoms. The number of aromatic nitrogens is 4. The molecule has 33 heavy (non-hydrogen) atoms. The molecule has 0 unspecified atom stereocenters. The number of nitrogens with zero attached hydrogens (tertiary/aromatic N) is 3. The van der Waals surface area contributed by atoms with Crippen molar-refractivity contribution < 1.29 is 4.79 Å². The maximum atomic E-state index is 12.5. The maximum absolute atomic E-state index is 12.5. The van der Waals surface area contributed by atoms with E-state index in [2.05, 4.69) is 30.6 Å². The Morgan fingerprint density at radius 2 is 1.82 bits per heavy atom. The molecule has 5 aromatic rings. The number of carbonyl (C=O) groups is 1. The number of halogens is 1. The molecule has 0 saturated heterocycles. The molecular weight excluding hydrogens is 438 g/mol. The molecule has 3 heterocycles. The second-order valence-electron chi connectivity index (χ2n) is 7.27. The molecule has 5 rings (SSSR count). The van der Waals surface area contributed by atoms with Gasteiger partial charge in [-0.3, -0.25) is 4.79 Å². The van der Waals surface area contributed by atoms with Gasteiger partial charge in [0.2, 0.25) is 5.95 Å². The Labute approximate surface area is 193 Å². The van der Waals surface area contributed by atoms with Crippen LogP contribution in [0.4, 0.5) is 23.1 Å². The lowest BCUT2D eigenvalue weighted by molar-refractivity contribution is 0.102. The number of pyridine rings is 1. The molecule has 0 atom stereocenters. The van der Waals surface area contributed by atoms with E-state index in [0.717, 1.165) is 16.5 Å². The van der Waals surface area contributed by atoms with E-state index in [1.165, 1.54) is 6.20 Å². The summed E-state index contributed by atoms with van der Waals surface area (Å²) in [6.45, 7) is 0. The number of hydrogen-bond donors (Lipinski definition) is 4. The summed E-state index contributed by atoms with van der Waals surface area (Å²) >= 11 is 6.41. The van der Waals surface area contributed by atoms with E-state index >= 15 is 0 Å². The summed E-state index contributed by atoms with van der Waals surface area (Å²) in [5.74, 6) is 0.447. The van der Waals surface area contributed by atoms with Crippen molar-refractivity contribution in [3.63, 3.8) is 0 Å². The van der Waals surface area contributed by atoms with E-state index in [-0.39, 0.29) is 5.91 Å². The highest BCUT2D eigenvalue weighted by molar-refractivity contribution is 6.33. The molecule has 1 amide bonds. The van der Waals surface area contributed by atoms with Gasteiger partial charge in [-0.15, -0.1) is 0 Å². The van der Waals surface area contributed by atoms with Crippen molar-refractivity contribution in [3.05, 3.63) is 89.8 Å². The molecule has 0 aliphatic rings. The molecule has 0 fully saturated rings. The lowest BCUT2D eigenvalue weighted by Crippen LogP contribution is -2.12. The third-order valence-corrected chi connectivity index (χ3v) is 5.29. The fourth-order valence-electron chi connectivity index (χ4n) is 3.43. The van der Waals surface area contributed by atoms with Gasteiger partial charge in [0.05, 0.1) is 22.5 Å². The highest BCUT2D eigenvalue weighted by atomic mass is 35.5. The summed E-state index contributed by atoms with van der Waals surface area (Å²) < 4.78 is 0. The number of para-hydroxylation sites is 1. The van der Waals surface area contributed by atoms with Gasteiger partial charge in [-0.2, -0.15) is 0 Å². The quantitative estimate of drug-likeness (QED) is 0.287. The fraction of sp³-hybridized carbons (Fsp3) is 0. The molecule has 5 N–H and O–H groups in total. The average molecular weight is 456 g/mol. The third-order valence-electron chi connectivity index (χ3n) is 5.01. The minimum absolute atomic E-state index is 0.288. The Morgan fingerprint density at radius 3 is 2.67 bits per heavy atom. The van der Waals surface area contributed by atoms with Crippen molar-refractivity contribution >= 4 is 51.6 Å². The van der Waals surface area contributed by atoms with Crippen molar-refractivity contribution in [1.82, 2.24) is 19.9 Å². The number of H-pyrrole nitrogens is 1. The number of benzene rings is 2. The van der Waals surface area contributed by atoms with E-state index in [1.807, 2.05) is 42.6 Å². The largest absolute Gasteiger partial charge is 0.384 e. The standard InChI is InChI=1S/C24H18ClN7O/c25-19-13-29-24(32-22(19)18-12-27-20-7-2-1-6-17(18)20)31-16-5-3-4-15(10-16)30-23(33)14-8-9-21(26)28-11-14/h1-13,27H,(H2,26,28)(H,30,33)(H,29,31,32). The van der Waals surface area contributed by atoms with Crippen LogP contribution in [0.15, 0.2) is 79.3 Å². The second-order valence-corrected chi connectivity index (χ2v) is 7.68. The monoisotopic (exact) mass is 455 g/mol. The highest BCUT2D eigenvalue weighted by Gasteiger charge is 2.13. The van der Waals surface area contributed by atoms with Gasteiger partial charge >= 0.3 is 0 Å². The Morgan fingerprint density at radius 1 is 0.970 bits per heavy atom. The van der Waals surface area contributed by atoms with Crippen LogP contribution < -0.4 is 16.4 Å². The summed E-state index contributed by atoms with van der Waals surface area (Å²) in [5.41, 5.74) is 9.80. The van der Waals surface area contributed by atoms with Crippen molar-refractivity contribution in [3.8, 4) is 11.3 Å². The van der Waals surface area contributed by atoms with Crippen LogP contribution in [0.2, 0.25) is 5.02 Å². The summed E-state index contributed by atoms with van der Waals surface area (Å²) in [7, 11) is 0. The van der Waals surface area contributed by atoms with Gasteiger partial charge in [-0.05, 0) is 36.4 Å². The Bertz CT molecular complexity index is 1460. The first-order chi connectivity index (χ1) is 16.1. The van der Waals surface area contributed by atoms with E-state index in [4.69, 9.17) is 17.3 Å². The predicted octanol–water partition coefficient (Wildman–Crippen LogP) is 5.25. The van der Waals surface area contributed by atoms with Gasteiger partial charge < -0.3 is 21.4 Å². The molecule has 8 nitrogen and oxygen atoms in total. The minimum Gasteiger partial charge on any atom is -0.384 e. The van der Waals surface area contributed by atoms with Gasteiger partial charge in [-0.25, -0.2) is 15.0 Å². The van der Waals surface area contributed by atoms with Crippen LogP contribution >= 0.6 is 11.6 Å². The van der Waals surface area contributed by atoms with Crippen LogP contribution in [-0.4, -0.2) is 25.8 Å². The number of anilines is 4. The Balaban J connectivity index is 1.38. The number of nitrogens with one attached hydrogen (secondary N) is 3. The van der Waals surface area contributed by atoms with Crippen molar-refractivity contribution in [2.24, 2.45) is 0 Å². The number of carbonyl (C=O) groups excluding carboxylic acids is 1. The average Bonchev–Trinajstić information content (AvgIpc) is 3.25. The number of fused-ring (bicyclic) bond motifs is 1. The van der Waals surface area contributed by atoms with Crippen molar-refractivity contribution in [2.45, 2.75) is 0 Å². The van der Waals surface area contributed by atoms with Crippen LogP contribution in [0.3, 0.4) is 0 Å². The van der Waals surface area contributed by atoms with Gasteiger partial charge in [0.25, 0.3) is 5.91 Å². The molecule has 2 aromatic carbocycles. The van der Waals surface area contributed by atoms with E-state index in [0.29, 0.717) is 39.4 Å². The zero-order valence-electron chi connectivity index (χ0n) is 17.2. The SMILES string of the molecule is Nc1ccc(C(=O)Nc2cccc(Nc3ncc(Cl)c(-c4c[nH]c5ccccc45)n3)c2)cn1. The third kappa shape index (κ3) is 4.32. The molecule has 162 valence electrons. The van der Waals surface area contributed by atoms with Crippen LogP contribution in [0.5, 0.6) is 0 Å². The van der Waals surface area contributed by atoms with E-state index in [9.17, 15) is 4.79 Å². The lowest BCUT2D eigenvalue weighted by Gasteiger charge is -2.10. The molecule has 9 heteroatoms. The zero-order chi connectivity index (χ0) is 22.8. The topological polar surface area (TPSA) is 122 Å². The maximum Gasteiger partial charge on any atom is 0.257 e. The number of hydrogen-bond acceptors (Lipinski definition) is 6. The van der Waals surface area contributed by atoms with Gasteiger partial charge in [0.1, 0.15) is 5.82 Å². The molecule has 0 aliphatic carbocycles. The summed E-state index contributed by atoms with van der Waals surface area (Å²) in [6.07, 6.45) is 4.87. The second kappa shape index (κ2) is 8.60. The van der Waals surface area contributed by atoms with E-state index < -0.39 is 0 Å². The smallest absolute Gasteiger partial charge is 0.257 e. The highest BCUT2D eigenvalue weighted by Crippen LogP contribution is 2.32. The van der Waals surface area contributed by atoms with Crippen LogP contribution in [0.25, 0.3) is 22.2 Å². The molecular formula is C24H18ClN7O. The normalized spacial score (nSPS) is 10.8. The van der Waals surface area contributed by atoms with Crippen molar-refractivity contribution in [1.29, 1.82) is 0 Å². The number of amides is 1. The molecule has 0 saturated carbocycles. The van der Waals surface area contributed by atoms with Crippen LogP contribution in [0.1, 0.15) is 10.4 Å². The number of aromatic amines is 1. The first-order valence-electron chi connectivity index (χ1n) is 10.1. The minimum atomic E-state index is -0.288. The van der Waals surface area contributed by atoms with Crippen LogP contribution in [-0.2, 0) is 0 Å².